The first-order valence-corrected chi connectivity index (χ1v) is 4.34. The van der Waals surface area contributed by atoms with Crippen LogP contribution in [0.25, 0.3) is 0 Å². The summed E-state index contributed by atoms with van der Waals surface area (Å²) in [5, 5.41) is 0. The van der Waals surface area contributed by atoms with E-state index < -0.39 is 0 Å². The van der Waals surface area contributed by atoms with Crippen molar-refractivity contribution in [1.29, 1.82) is 0 Å². The number of hydrogen-bond acceptors (Lipinski definition) is 3. The molecule has 1 heterocycles. The quantitative estimate of drug-likeness (QED) is 0.698. The molecule has 1 aromatic heterocycles. The molecule has 0 fully saturated rings. The van der Waals surface area contributed by atoms with Gasteiger partial charge in [0.05, 0.1) is 0 Å². The Morgan fingerprint density at radius 3 is 2.27 bits per heavy atom. The van der Waals surface area contributed by atoms with Crippen molar-refractivity contribution in [3.8, 4) is 0 Å². The summed E-state index contributed by atoms with van der Waals surface area (Å²) < 4.78 is 12.6. The molecule has 0 saturated carbocycles. The first kappa shape index (κ1) is 9.45. The summed E-state index contributed by atoms with van der Waals surface area (Å²) in [5.74, 6) is -0.569. The third-order valence-electron chi connectivity index (χ3n) is 1.88. The van der Waals surface area contributed by atoms with Gasteiger partial charge >= 0.3 is 0 Å². The number of halogens is 1. The Hall–Kier alpha value is -2.10. The van der Waals surface area contributed by atoms with Gasteiger partial charge in [-0.2, -0.15) is 0 Å². The fourth-order valence-electron chi connectivity index (χ4n) is 1.15. The molecule has 0 amide bonds. The topological polar surface area (TPSA) is 42.9 Å². The highest BCUT2D eigenvalue weighted by Crippen LogP contribution is 2.06. The Kier molecular flexibility index (Phi) is 2.49. The lowest BCUT2D eigenvalue weighted by atomic mass is 10.1. The van der Waals surface area contributed by atoms with Crippen LogP contribution in [0.5, 0.6) is 0 Å². The van der Waals surface area contributed by atoms with E-state index in [0.29, 0.717) is 5.56 Å². The molecule has 0 unspecified atom stereocenters. The van der Waals surface area contributed by atoms with Crippen LogP contribution in [0.15, 0.2) is 42.7 Å². The summed E-state index contributed by atoms with van der Waals surface area (Å²) in [4.78, 5) is 19.4. The molecule has 0 aliphatic rings. The minimum absolute atomic E-state index is 0.115. The highest BCUT2D eigenvalue weighted by Gasteiger charge is 2.10. The van der Waals surface area contributed by atoms with Gasteiger partial charge in [0.15, 0.2) is 0 Å². The lowest BCUT2D eigenvalue weighted by molar-refractivity contribution is 0.102. The SMILES string of the molecule is O=C(c1ccc(F)cc1)c1ncccn1. The first-order valence-electron chi connectivity index (χ1n) is 4.34. The average Bonchev–Trinajstić information content (AvgIpc) is 2.30. The van der Waals surface area contributed by atoms with E-state index in [4.69, 9.17) is 0 Å². The van der Waals surface area contributed by atoms with Gasteiger partial charge in [-0.25, -0.2) is 14.4 Å². The van der Waals surface area contributed by atoms with E-state index in [-0.39, 0.29) is 17.4 Å². The lowest BCUT2D eigenvalue weighted by Gasteiger charge is -1.98. The summed E-state index contributed by atoms with van der Waals surface area (Å²) in [6.45, 7) is 0. The summed E-state index contributed by atoms with van der Waals surface area (Å²) >= 11 is 0. The first-order chi connectivity index (χ1) is 7.27. The molecule has 3 nitrogen and oxygen atoms in total. The Labute approximate surface area is 85.6 Å². The van der Waals surface area contributed by atoms with E-state index in [1.807, 2.05) is 0 Å². The van der Waals surface area contributed by atoms with E-state index in [1.54, 1.807) is 6.07 Å². The van der Waals surface area contributed by atoms with Crippen LogP contribution in [0.3, 0.4) is 0 Å². The number of aromatic nitrogens is 2. The fraction of sp³-hybridized carbons (Fsp3) is 0. The van der Waals surface area contributed by atoms with Crippen LogP contribution in [-0.4, -0.2) is 15.8 Å². The second-order valence-electron chi connectivity index (χ2n) is 2.91. The molecule has 0 radical (unpaired) electrons. The van der Waals surface area contributed by atoms with Crippen molar-refractivity contribution in [3.63, 3.8) is 0 Å². The summed E-state index contributed by atoms with van der Waals surface area (Å²) in [6, 6.07) is 6.91. The van der Waals surface area contributed by atoms with Gasteiger partial charge in [0.2, 0.25) is 11.6 Å². The van der Waals surface area contributed by atoms with E-state index in [0.717, 1.165) is 0 Å². The molecule has 2 aromatic rings. The molecule has 74 valence electrons. The molecule has 0 aliphatic carbocycles. The van der Waals surface area contributed by atoms with Gasteiger partial charge in [-0.3, -0.25) is 4.79 Å². The molecule has 0 spiro atoms. The molecular weight excluding hydrogens is 195 g/mol. The zero-order valence-corrected chi connectivity index (χ0v) is 7.72. The Balaban J connectivity index is 2.33. The molecule has 0 aliphatic heterocycles. The molecule has 2 rings (SSSR count). The highest BCUT2D eigenvalue weighted by molar-refractivity contribution is 6.06. The highest BCUT2D eigenvalue weighted by atomic mass is 19.1. The van der Waals surface area contributed by atoms with Gasteiger partial charge in [-0.15, -0.1) is 0 Å². The van der Waals surface area contributed by atoms with E-state index in [2.05, 4.69) is 9.97 Å². The van der Waals surface area contributed by atoms with Gasteiger partial charge in [0.25, 0.3) is 0 Å². The number of carbonyl (C=O) groups is 1. The number of hydrogen-bond donors (Lipinski definition) is 0. The third kappa shape index (κ3) is 2.04. The van der Waals surface area contributed by atoms with Crippen molar-refractivity contribution in [3.05, 3.63) is 59.9 Å². The Morgan fingerprint density at radius 1 is 1.07 bits per heavy atom. The lowest BCUT2D eigenvalue weighted by Crippen LogP contribution is -2.06. The van der Waals surface area contributed by atoms with Crippen LogP contribution < -0.4 is 0 Å². The second-order valence-corrected chi connectivity index (χ2v) is 2.91. The summed E-state index contributed by atoms with van der Waals surface area (Å²) in [7, 11) is 0. The third-order valence-corrected chi connectivity index (χ3v) is 1.88. The molecule has 0 atom stereocenters. The van der Waals surface area contributed by atoms with Crippen LogP contribution in [-0.2, 0) is 0 Å². The number of nitrogens with zero attached hydrogens (tertiary/aromatic N) is 2. The molecule has 0 bridgehead atoms. The second kappa shape index (κ2) is 3.96. The monoisotopic (exact) mass is 202 g/mol. The molecule has 4 heteroatoms. The number of rotatable bonds is 2. The summed E-state index contributed by atoms with van der Waals surface area (Å²) in [6.07, 6.45) is 2.98. The molecule has 15 heavy (non-hydrogen) atoms. The number of benzene rings is 1. The maximum atomic E-state index is 12.6. The van der Waals surface area contributed by atoms with Crippen LogP contribution in [0.4, 0.5) is 4.39 Å². The van der Waals surface area contributed by atoms with Crippen LogP contribution in [0, 0.1) is 5.82 Å². The number of carbonyl (C=O) groups excluding carboxylic acids is 1. The minimum Gasteiger partial charge on any atom is -0.285 e. The fourth-order valence-corrected chi connectivity index (χ4v) is 1.15. The van der Waals surface area contributed by atoms with Gasteiger partial charge in [-0.05, 0) is 30.3 Å². The number of ketones is 1. The van der Waals surface area contributed by atoms with Crippen LogP contribution in [0.1, 0.15) is 16.2 Å². The van der Waals surface area contributed by atoms with E-state index in [1.165, 1.54) is 36.7 Å². The van der Waals surface area contributed by atoms with Crippen molar-refractivity contribution in [2.75, 3.05) is 0 Å². The standard InChI is InChI=1S/C11H7FN2O/c12-9-4-2-8(3-5-9)10(15)11-13-6-1-7-14-11/h1-7H. The maximum absolute atomic E-state index is 12.6. The van der Waals surface area contributed by atoms with E-state index in [9.17, 15) is 9.18 Å². The molecule has 0 saturated heterocycles. The van der Waals surface area contributed by atoms with Crippen molar-refractivity contribution in [2.24, 2.45) is 0 Å². The largest absolute Gasteiger partial charge is 0.285 e. The Bertz CT molecular complexity index is 468. The minimum atomic E-state index is -0.375. The maximum Gasteiger partial charge on any atom is 0.230 e. The molecule has 0 N–H and O–H groups in total. The Morgan fingerprint density at radius 2 is 1.67 bits per heavy atom. The predicted molar refractivity (Wildman–Crippen MR) is 51.9 cm³/mol. The zero-order chi connectivity index (χ0) is 10.7. The molecular formula is C11H7FN2O. The van der Waals surface area contributed by atoms with Gasteiger partial charge < -0.3 is 0 Å². The van der Waals surface area contributed by atoms with E-state index >= 15 is 0 Å². The summed E-state index contributed by atoms with van der Waals surface area (Å²) in [5.41, 5.74) is 0.377. The van der Waals surface area contributed by atoms with Crippen molar-refractivity contribution in [2.45, 2.75) is 0 Å². The van der Waals surface area contributed by atoms with Gasteiger partial charge in [-0.1, -0.05) is 0 Å². The van der Waals surface area contributed by atoms with Crippen molar-refractivity contribution in [1.82, 2.24) is 9.97 Å². The smallest absolute Gasteiger partial charge is 0.230 e. The van der Waals surface area contributed by atoms with Crippen molar-refractivity contribution >= 4 is 5.78 Å². The normalized spacial score (nSPS) is 9.93. The average molecular weight is 202 g/mol. The zero-order valence-electron chi connectivity index (χ0n) is 7.72. The van der Waals surface area contributed by atoms with Gasteiger partial charge in [0.1, 0.15) is 5.82 Å². The van der Waals surface area contributed by atoms with Crippen molar-refractivity contribution < 1.29 is 9.18 Å². The molecule has 1 aromatic carbocycles. The van der Waals surface area contributed by atoms with Crippen LogP contribution >= 0.6 is 0 Å². The van der Waals surface area contributed by atoms with Crippen LogP contribution in [0.2, 0.25) is 0 Å². The van der Waals surface area contributed by atoms with Gasteiger partial charge in [0, 0.05) is 18.0 Å². The predicted octanol–water partition coefficient (Wildman–Crippen LogP) is 1.85.